The Hall–Kier alpha value is -0.360. The molecule has 1 heterocycles. The van der Waals surface area contributed by atoms with E-state index in [1.54, 1.807) is 0 Å². The zero-order valence-electron chi connectivity index (χ0n) is 10.5. The largest absolute Gasteiger partial charge is 0.454 e. The van der Waals surface area contributed by atoms with Gasteiger partial charge in [0.05, 0.1) is 8.95 Å². The Morgan fingerprint density at radius 1 is 0.524 bits per heavy atom. The van der Waals surface area contributed by atoms with E-state index in [1.807, 2.05) is 48.5 Å². The SMILES string of the molecule is Brc1ccc(-c2oc(-c3ccc(Br)cc3)c(Br)c2Br)cc1. The minimum atomic E-state index is 0.812. The van der Waals surface area contributed by atoms with E-state index in [-0.39, 0.29) is 0 Å². The molecule has 106 valence electrons. The Labute approximate surface area is 156 Å². The molecule has 0 atom stereocenters. The summed E-state index contributed by atoms with van der Waals surface area (Å²) in [6, 6.07) is 16.1. The molecule has 0 spiro atoms. The second kappa shape index (κ2) is 6.41. The zero-order valence-corrected chi connectivity index (χ0v) is 16.9. The van der Waals surface area contributed by atoms with Gasteiger partial charge in [-0.25, -0.2) is 0 Å². The molecule has 2 aromatic carbocycles. The molecule has 0 bridgehead atoms. The third-order valence-corrected chi connectivity index (χ3v) is 6.11. The maximum Gasteiger partial charge on any atom is 0.150 e. The first kappa shape index (κ1) is 15.5. The minimum Gasteiger partial charge on any atom is -0.454 e. The molecular formula is C16H8Br4O. The highest BCUT2D eigenvalue weighted by Gasteiger charge is 2.19. The zero-order chi connectivity index (χ0) is 15.0. The van der Waals surface area contributed by atoms with E-state index in [0.29, 0.717) is 0 Å². The van der Waals surface area contributed by atoms with Gasteiger partial charge in [-0.15, -0.1) is 0 Å². The molecule has 0 fully saturated rings. The van der Waals surface area contributed by atoms with Gasteiger partial charge in [-0.05, 0) is 56.1 Å². The lowest BCUT2D eigenvalue weighted by Crippen LogP contribution is -1.74. The van der Waals surface area contributed by atoms with E-state index in [4.69, 9.17) is 4.42 Å². The van der Waals surface area contributed by atoms with E-state index in [9.17, 15) is 0 Å². The Balaban J connectivity index is 2.11. The van der Waals surface area contributed by atoms with Crippen molar-refractivity contribution in [3.63, 3.8) is 0 Å². The van der Waals surface area contributed by atoms with Crippen LogP contribution in [0.1, 0.15) is 0 Å². The fourth-order valence-electron chi connectivity index (χ4n) is 1.96. The number of furan rings is 1. The smallest absolute Gasteiger partial charge is 0.150 e. The summed E-state index contributed by atoms with van der Waals surface area (Å²) in [6.45, 7) is 0. The van der Waals surface area contributed by atoms with E-state index < -0.39 is 0 Å². The van der Waals surface area contributed by atoms with E-state index >= 15 is 0 Å². The van der Waals surface area contributed by atoms with Crippen LogP contribution in [-0.4, -0.2) is 0 Å². The van der Waals surface area contributed by atoms with Gasteiger partial charge < -0.3 is 4.42 Å². The second-order valence-electron chi connectivity index (χ2n) is 4.40. The van der Waals surface area contributed by atoms with Crippen LogP contribution >= 0.6 is 63.7 Å². The first-order valence-corrected chi connectivity index (χ1v) is 9.23. The van der Waals surface area contributed by atoms with Crippen LogP contribution in [0.5, 0.6) is 0 Å². The van der Waals surface area contributed by atoms with Crippen molar-refractivity contribution in [3.05, 3.63) is 66.4 Å². The molecule has 0 saturated carbocycles. The van der Waals surface area contributed by atoms with Crippen LogP contribution < -0.4 is 0 Å². The second-order valence-corrected chi connectivity index (χ2v) is 7.82. The summed E-state index contributed by atoms with van der Waals surface area (Å²) in [7, 11) is 0. The molecule has 0 unspecified atom stereocenters. The summed E-state index contributed by atoms with van der Waals surface area (Å²) in [6.07, 6.45) is 0. The molecule has 1 aromatic heterocycles. The summed E-state index contributed by atoms with van der Waals surface area (Å²) in [4.78, 5) is 0. The summed E-state index contributed by atoms with van der Waals surface area (Å²) in [5.41, 5.74) is 2.04. The Kier molecular flexibility index (Phi) is 4.74. The number of halogens is 4. The average molecular weight is 536 g/mol. The molecule has 0 saturated heterocycles. The van der Waals surface area contributed by atoms with Gasteiger partial charge >= 0.3 is 0 Å². The van der Waals surface area contributed by atoms with Gasteiger partial charge in [0.15, 0.2) is 0 Å². The van der Waals surface area contributed by atoms with Crippen LogP contribution in [0.15, 0.2) is 70.8 Å². The normalized spacial score (nSPS) is 10.9. The lowest BCUT2D eigenvalue weighted by molar-refractivity contribution is 0.595. The van der Waals surface area contributed by atoms with Gasteiger partial charge in [0.2, 0.25) is 0 Å². The van der Waals surface area contributed by atoms with Crippen LogP contribution in [0.3, 0.4) is 0 Å². The van der Waals surface area contributed by atoms with E-state index in [2.05, 4.69) is 63.7 Å². The van der Waals surface area contributed by atoms with E-state index in [1.165, 1.54) is 0 Å². The molecule has 0 aliphatic heterocycles. The maximum atomic E-state index is 6.07. The van der Waals surface area contributed by atoms with Crippen LogP contribution in [-0.2, 0) is 0 Å². The average Bonchev–Trinajstić information content (AvgIpc) is 2.78. The third kappa shape index (κ3) is 3.21. The molecular weight excluding hydrogens is 528 g/mol. The summed E-state index contributed by atoms with van der Waals surface area (Å²) in [5.74, 6) is 1.62. The lowest BCUT2D eigenvalue weighted by atomic mass is 10.1. The van der Waals surface area contributed by atoms with Crippen molar-refractivity contribution >= 4 is 63.7 Å². The van der Waals surface area contributed by atoms with Gasteiger partial charge in [-0.2, -0.15) is 0 Å². The Morgan fingerprint density at radius 3 is 1.19 bits per heavy atom. The lowest BCUT2D eigenvalue weighted by Gasteiger charge is -1.99. The number of hydrogen-bond donors (Lipinski definition) is 0. The van der Waals surface area contributed by atoms with Gasteiger partial charge in [0, 0.05) is 20.1 Å². The summed E-state index contributed by atoms with van der Waals surface area (Å²) in [5, 5.41) is 0. The highest BCUT2D eigenvalue weighted by molar-refractivity contribution is 9.13. The molecule has 0 amide bonds. The van der Waals surface area contributed by atoms with Crippen molar-refractivity contribution in [2.75, 3.05) is 0 Å². The van der Waals surface area contributed by atoms with Crippen molar-refractivity contribution in [1.82, 2.24) is 0 Å². The van der Waals surface area contributed by atoms with Crippen molar-refractivity contribution in [3.8, 4) is 22.6 Å². The van der Waals surface area contributed by atoms with Crippen LogP contribution in [0.4, 0.5) is 0 Å². The van der Waals surface area contributed by atoms with Crippen LogP contribution in [0.2, 0.25) is 0 Å². The number of rotatable bonds is 2. The maximum absolute atomic E-state index is 6.07. The van der Waals surface area contributed by atoms with Crippen LogP contribution in [0, 0.1) is 0 Å². The molecule has 3 aromatic rings. The number of hydrogen-bond acceptors (Lipinski definition) is 1. The molecule has 0 aliphatic carbocycles. The van der Waals surface area contributed by atoms with Gasteiger partial charge in [-0.1, -0.05) is 56.1 Å². The monoisotopic (exact) mass is 532 g/mol. The van der Waals surface area contributed by atoms with Crippen molar-refractivity contribution < 1.29 is 4.42 Å². The Bertz CT molecular complexity index is 707. The number of benzene rings is 2. The minimum absolute atomic E-state index is 0.812. The van der Waals surface area contributed by atoms with Gasteiger partial charge in [0.1, 0.15) is 11.5 Å². The van der Waals surface area contributed by atoms with Gasteiger partial charge in [0.25, 0.3) is 0 Å². The molecule has 0 N–H and O–H groups in total. The molecule has 0 aliphatic rings. The van der Waals surface area contributed by atoms with E-state index in [0.717, 1.165) is 40.5 Å². The fraction of sp³-hybridized carbons (Fsp3) is 0. The van der Waals surface area contributed by atoms with Crippen molar-refractivity contribution in [2.24, 2.45) is 0 Å². The molecule has 0 radical (unpaired) electrons. The molecule has 1 nitrogen and oxygen atoms in total. The Morgan fingerprint density at radius 2 is 0.857 bits per heavy atom. The first-order chi connectivity index (χ1) is 10.1. The predicted molar refractivity (Wildman–Crippen MR) is 100 cm³/mol. The third-order valence-electron chi connectivity index (χ3n) is 3.01. The quantitative estimate of drug-likeness (QED) is 0.328. The van der Waals surface area contributed by atoms with Crippen molar-refractivity contribution in [1.29, 1.82) is 0 Å². The molecule has 21 heavy (non-hydrogen) atoms. The molecule has 5 heteroatoms. The van der Waals surface area contributed by atoms with Gasteiger partial charge in [-0.3, -0.25) is 0 Å². The predicted octanol–water partition coefficient (Wildman–Crippen LogP) is 7.66. The highest BCUT2D eigenvalue weighted by atomic mass is 79.9. The van der Waals surface area contributed by atoms with Crippen LogP contribution in [0.25, 0.3) is 22.6 Å². The first-order valence-electron chi connectivity index (χ1n) is 6.06. The summed E-state index contributed by atoms with van der Waals surface area (Å²) < 4.78 is 10.00. The highest BCUT2D eigenvalue weighted by Crippen LogP contribution is 2.44. The van der Waals surface area contributed by atoms with Crippen molar-refractivity contribution in [2.45, 2.75) is 0 Å². The summed E-state index contributed by atoms with van der Waals surface area (Å²) >= 11 is 14.1. The fourth-order valence-corrected chi connectivity index (χ4v) is 3.47. The standard InChI is InChI=1S/C16H8Br4O/c17-11-5-1-9(2-6-11)15-13(19)14(20)16(21-15)10-3-7-12(18)8-4-10/h1-8H. The topological polar surface area (TPSA) is 13.1 Å². The molecule has 3 rings (SSSR count).